The topological polar surface area (TPSA) is 60.9 Å². The summed E-state index contributed by atoms with van der Waals surface area (Å²) in [6.07, 6.45) is 3.43. The fraction of sp³-hybridized carbons (Fsp3) is 0.857. The lowest BCUT2D eigenvalue weighted by Crippen LogP contribution is -2.51. The molecular weight excluding hydrogens is 244 g/mol. The molecule has 0 bridgehead atoms. The molecule has 5 nitrogen and oxygen atoms in total. The van der Waals surface area contributed by atoms with E-state index in [9.17, 15) is 9.59 Å². The van der Waals surface area contributed by atoms with Crippen LogP contribution in [-0.2, 0) is 9.59 Å². The van der Waals surface area contributed by atoms with Gasteiger partial charge in [0.05, 0.1) is 12.5 Å². The second-order valence-corrected chi connectivity index (χ2v) is 5.34. The van der Waals surface area contributed by atoms with E-state index in [0.29, 0.717) is 6.54 Å². The van der Waals surface area contributed by atoms with Gasteiger partial charge in [0, 0.05) is 19.1 Å². The van der Waals surface area contributed by atoms with Crippen LogP contribution in [0.3, 0.4) is 0 Å². The van der Waals surface area contributed by atoms with Crippen LogP contribution in [0.2, 0.25) is 0 Å². The van der Waals surface area contributed by atoms with Crippen molar-refractivity contribution in [2.45, 2.75) is 58.5 Å². The zero-order chi connectivity index (χ0) is 14.4. The molecule has 2 atom stereocenters. The molecule has 1 heterocycles. The Hall–Kier alpha value is -1.10. The van der Waals surface area contributed by atoms with Gasteiger partial charge in [-0.2, -0.15) is 0 Å². The predicted octanol–water partition coefficient (Wildman–Crippen LogP) is 1.57. The van der Waals surface area contributed by atoms with Crippen LogP contribution >= 0.6 is 0 Å². The first kappa shape index (κ1) is 16.0. The molecule has 0 aromatic heterocycles. The molecule has 0 aromatic carbocycles. The van der Waals surface area contributed by atoms with E-state index in [2.05, 4.69) is 0 Å². The molecule has 0 aliphatic carbocycles. The van der Waals surface area contributed by atoms with E-state index < -0.39 is 5.97 Å². The third-order valence-corrected chi connectivity index (χ3v) is 3.92. The number of carbonyl (C=O) groups excluding carboxylic acids is 1. The van der Waals surface area contributed by atoms with Gasteiger partial charge in [0.25, 0.3) is 0 Å². The molecule has 1 rings (SSSR count). The van der Waals surface area contributed by atoms with E-state index in [1.54, 1.807) is 0 Å². The van der Waals surface area contributed by atoms with Crippen LogP contribution in [0.25, 0.3) is 0 Å². The Kier molecular flexibility index (Phi) is 6.28. The third-order valence-electron chi connectivity index (χ3n) is 3.92. The summed E-state index contributed by atoms with van der Waals surface area (Å²) in [5.41, 5.74) is 0. The fourth-order valence-corrected chi connectivity index (χ4v) is 2.86. The van der Waals surface area contributed by atoms with E-state index in [-0.39, 0.29) is 24.4 Å². The maximum absolute atomic E-state index is 12.4. The van der Waals surface area contributed by atoms with Gasteiger partial charge in [0.2, 0.25) is 5.91 Å². The quantitative estimate of drug-likeness (QED) is 0.796. The smallest absolute Gasteiger partial charge is 0.304 e. The zero-order valence-electron chi connectivity index (χ0n) is 12.3. The first-order valence-corrected chi connectivity index (χ1v) is 7.23. The van der Waals surface area contributed by atoms with E-state index in [1.807, 2.05) is 30.6 Å². The number of likely N-dealkylation sites (N-methyl/N-ethyl adjacent to an activating group) is 1. The van der Waals surface area contributed by atoms with Gasteiger partial charge in [0.15, 0.2) is 0 Å². The minimum atomic E-state index is -0.816. The Balaban J connectivity index is 2.63. The monoisotopic (exact) mass is 270 g/mol. The number of amides is 1. The van der Waals surface area contributed by atoms with Crippen molar-refractivity contribution in [3.63, 3.8) is 0 Å². The van der Waals surface area contributed by atoms with Crippen LogP contribution in [0.4, 0.5) is 0 Å². The molecular formula is C14H26N2O3. The van der Waals surface area contributed by atoms with Gasteiger partial charge in [-0.05, 0) is 39.7 Å². The van der Waals surface area contributed by atoms with Crippen LogP contribution in [0.5, 0.6) is 0 Å². The number of carboxylic acid groups (broad SMARTS) is 1. The highest BCUT2D eigenvalue weighted by Crippen LogP contribution is 2.15. The highest BCUT2D eigenvalue weighted by molar-refractivity contribution is 5.81. The molecule has 19 heavy (non-hydrogen) atoms. The number of nitrogens with zero attached hydrogens (tertiary/aromatic N) is 2. The Morgan fingerprint density at radius 1 is 1.21 bits per heavy atom. The minimum absolute atomic E-state index is 0.0749. The highest BCUT2D eigenvalue weighted by Gasteiger charge is 2.29. The fourth-order valence-electron chi connectivity index (χ4n) is 2.86. The zero-order valence-corrected chi connectivity index (χ0v) is 12.3. The summed E-state index contributed by atoms with van der Waals surface area (Å²) < 4.78 is 0. The molecule has 110 valence electrons. The molecule has 1 aliphatic rings. The maximum atomic E-state index is 12.4. The molecule has 2 unspecified atom stereocenters. The summed E-state index contributed by atoms with van der Waals surface area (Å²) in [6, 6.07) is -0.358. The van der Waals surface area contributed by atoms with Gasteiger partial charge < -0.3 is 10.0 Å². The average Bonchev–Trinajstić information content (AvgIpc) is 2.38. The maximum Gasteiger partial charge on any atom is 0.304 e. The molecule has 1 N–H and O–H groups in total. The predicted molar refractivity (Wildman–Crippen MR) is 74.0 cm³/mol. The SMILES string of the molecule is CCN(C(C)CC(=O)O)C(C)C(=O)N1CCCCC1. The average molecular weight is 270 g/mol. The first-order valence-electron chi connectivity index (χ1n) is 7.23. The van der Waals surface area contributed by atoms with Crippen molar-refractivity contribution in [1.29, 1.82) is 0 Å². The second kappa shape index (κ2) is 7.48. The van der Waals surface area contributed by atoms with Gasteiger partial charge in [-0.25, -0.2) is 0 Å². The number of likely N-dealkylation sites (tertiary alicyclic amines) is 1. The summed E-state index contributed by atoms with van der Waals surface area (Å²) in [4.78, 5) is 27.1. The standard InChI is InChI=1S/C14H26N2O3/c1-4-16(11(2)10-13(17)18)12(3)14(19)15-8-6-5-7-9-15/h11-12H,4-10H2,1-3H3,(H,17,18). The summed E-state index contributed by atoms with van der Waals surface area (Å²) in [7, 11) is 0. The van der Waals surface area contributed by atoms with Crippen molar-refractivity contribution in [3.05, 3.63) is 0 Å². The van der Waals surface area contributed by atoms with E-state index in [1.165, 1.54) is 6.42 Å². The van der Waals surface area contributed by atoms with Crippen molar-refractivity contribution in [2.75, 3.05) is 19.6 Å². The van der Waals surface area contributed by atoms with Crippen molar-refractivity contribution >= 4 is 11.9 Å². The largest absolute Gasteiger partial charge is 0.481 e. The second-order valence-electron chi connectivity index (χ2n) is 5.34. The number of aliphatic carboxylic acids is 1. The normalized spacial score (nSPS) is 19.3. The lowest BCUT2D eigenvalue weighted by atomic mass is 10.1. The number of carboxylic acids is 1. The van der Waals surface area contributed by atoms with Gasteiger partial charge in [-0.3, -0.25) is 14.5 Å². The molecule has 5 heteroatoms. The number of piperidine rings is 1. The molecule has 1 saturated heterocycles. The van der Waals surface area contributed by atoms with Crippen LogP contribution < -0.4 is 0 Å². The van der Waals surface area contributed by atoms with Crippen LogP contribution in [0.15, 0.2) is 0 Å². The Morgan fingerprint density at radius 2 is 1.79 bits per heavy atom. The Labute approximate surface area is 115 Å². The van der Waals surface area contributed by atoms with Crippen molar-refractivity contribution in [3.8, 4) is 0 Å². The summed E-state index contributed by atoms with van der Waals surface area (Å²) in [6.45, 7) is 8.10. The summed E-state index contributed by atoms with van der Waals surface area (Å²) in [5, 5.41) is 8.88. The van der Waals surface area contributed by atoms with Crippen molar-refractivity contribution < 1.29 is 14.7 Å². The van der Waals surface area contributed by atoms with Crippen molar-refractivity contribution in [1.82, 2.24) is 9.80 Å². The third kappa shape index (κ3) is 4.49. The first-order chi connectivity index (χ1) is 8.97. The van der Waals surface area contributed by atoms with Gasteiger partial charge in [-0.1, -0.05) is 6.92 Å². The lowest BCUT2D eigenvalue weighted by molar-refractivity contribution is -0.142. The highest BCUT2D eigenvalue weighted by atomic mass is 16.4. The number of rotatable bonds is 6. The molecule has 1 amide bonds. The molecule has 0 saturated carbocycles. The van der Waals surface area contributed by atoms with E-state index >= 15 is 0 Å². The lowest BCUT2D eigenvalue weighted by Gasteiger charge is -2.36. The van der Waals surface area contributed by atoms with Crippen LogP contribution in [0, 0.1) is 0 Å². The Bertz CT molecular complexity index is 314. The molecule has 0 spiro atoms. The van der Waals surface area contributed by atoms with E-state index in [4.69, 9.17) is 5.11 Å². The molecule has 0 radical (unpaired) electrons. The van der Waals surface area contributed by atoms with Gasteiger partial charge >= 0.3 is 5.97 Å². The summed E-state index contributed by atoms with van der Waals surface area (Å²) in [5.74, 6) is -0.678. The van der Waals surface area contributed by atoms with Crippen LogP contribution in [-0.4, -0.2) is 58.5 Å². The molecule has 0 aromatic rings. The number of hydrogen-bond acceptors (Lipinski definition) is 3. The molecule has 1 aliphatic heterocycles. The Morgan fingerprint density at radius 3 is 2.26 bits per heavy atom. The van der Waals surface area contributed by atoms with Gasteiger partial charge in [-0.15, -0.1) is 0 Å². The number of carbonyl (C=O) groups is 2. The van der Waals surface area contributed by atoms with Crippen LogP contribution in [0.1, 0.15) is 46.5 Å². The molecule has 1 fully saturated rings. The van der Waals surface area contributed by atoms with Gasteiger partial charge in [0.1, 0.15) is 0 Å². The van der Waals surface area contributed by atoms with Crippen molar-refractivity contribution in [2.24, 2.45) is 0 Å². The van der Waals surface area contributed by atoms with E-state index in [0.717, 1.165) is 25.9 Å². The number of hydrogen-bond donors (Lipinski definition) is 1. The minimum Gasteiger partial charge on any atom is -0.481 e. The summed E-state index contributed by atoms with van der Waals surface area (Å²) >= 11 is 0.